The number of aromatic nitrogens is 2. The summed E-state index contributed by atoms with van der Waals surface area (Å²) in [5.41, 5.74) is -1.84. The molecule has 0 radical (unpaired) electrons. The first kappa shape index (κ1) is 26.5. The van der Waals surface area contributed by atoms with Crippen LogP contribution in [0.4, 0.5) is 4.39 Å². The van der Waals surface area contributed by atoms with Gasteiger partial charge in [0.05, 0.1) is 12.2 Å². The average Bonchev–Trinajstić information content (AvgIpc) is 3.13. The molecule has 1 fully saturated rings. The van der Waals surface area contributed by atoms with Crippen molar-refractivity contribution in [1.82, 2.24) is 9.55 Å². The number of hydrogen-bond donors (Lipinski definition) is 2. The quantitative estimate of drug-likeness (QED) is 0.360. The number of ether oxygens (including phenoxy) is 1. The molecule has 4 rings (SSSR count). The summed E-state index contributed by atoms with van der Waals surface area (Å²) in [6.07, 6.45) is -2.04. The fourth-order valence-electron chi connectivity index (χ4n) is 4.85. The molecule has 0 spiro atoms. The maximum Gasteiger partial charge on any atom is 0.330 e. The third-order valence-corrected chi connectivity index (χ3v) is 12.1. The van der Waals surface area contributed by atoms with Gasteiger partial charge in [-0.15, -0.1) is 11.6 Å². The number of aromatic amines is 1. The molecular formula is C26H30ClFN2O5Si. The lowest BCUT2D eigenvalue weighted by molar-refractivity contribution is -0.0426. The molecule has 2 aromatic carbocycles. The van der Waals surface area contributed by atoms with Gasteiger partial charge >= 0.3 is 5.69 Å². The van der Waals surface area contributed by atoms with Crippen LogP contribution in [0.25, 0.3) is 0 Å². The monoisotopic (exact) mass is 532 g/mol. The maximum atomic E-state index is 13.2. The Labute approximate surface area is 214 Å². The lowest BCUT2D eigenvalue weighted by atomic mass is 10.2. The number of hydrogen-bond acceptors (Lipinski definition) is 5. The van der Waals surface area contributed by atoms with Gasteiger partial charge in [0.2, 0.25) is 0 Å². The van der Waals surface area contributed by atoms with E-state index in [9.17, 15) is 19.1 Å². The van der Waals surface area contributed by atoms with Crippen molar-refractivity contribution in [3.8, 4) is 0 Å². The van der Waals surface area contributed by atoms with Crippen molar-refractivity contribution in [2.45, 2.75) is 56.3 Å². The molecule has 3 aromatic rings. The molecule has 7 nitrogen and oxygen atoms in total. The van der Waals surface area contributed by atoms with Crippen LogP contribution in [0.2, 0.25) is 5.04 Å². The summed E-state index contributed by atoms with van der Waals surface area (Å²) < 4.78 is 27.1. The average molecular weight is 533 g/mol. The minimum absolute atomic E-state index is 0.0161. The first-order valence-electron chi connectivity index (χ1n) is 11.7. The van der Waals surface area contributed by atoms with Crippen molar-refractivity contribution in [2.75, 3.05) is 6.61 Å². The highest BCUT2D eigenvalue weighted by atomic mass is 35.5. The van der Waals surface area contributed by atoms with Crippen LogP contribution in [0, 0.1) is 0 Å². The van der Waals surface area contributed by atoms with E-state index in [2.05, 4.69) is 50.0 Å². The molecule has 1 aliphatic heterocycles. The predicted molar refractivity (Wildman–Crippen MR) is 139 cm³/mol. The van der Waals surface area contributed by atoms with Crippen molar-refractivity contribution >= 4 is 30.3 Å². The molecule has 36 heavy (non-hydrogen) atoms. The Morgan fingerprint density at radius 2 is 1.64 bits per heavy atom. The lowest BCUT2D eigenvalue weighted by Crippen LogP contribution is -2.67. The summed E-state index contributed by atoms with van der Waals surface area (Å²) in [6, 6.07) is 20.1. The second-order valence-electron chi connectivity index (χ2n) is 9.93. The van der Waals surface area contributed by atoms with Gasteiger partial charge in [0, 0.05) is 6.20 Å². The zero-order chi connectivity index (χ0) is 26.1. The van der Waals surface area contributed by atoms with Gasteiger partial charge in [-0.25, -0.2) is 9.18 Å². The van der Waals surface area contributed by atoms with Gasteiger partial charge in [0.1, 0.15) is 24.3 Å². The number of H-pyrrole nitrogens is 1. The van der Waals surface area contributed by atoms with Crippen LogP contribution in [0.1, 0.15) is 32.6 Å². The Morgan fingerprint density at radius 3 is 2.14 bits per heavy atom. The molecule has 0 unspecified atom stereocenters. The summed E-state index contributed by atoms with van der Waals surface area (Å²) in [4.78, 5) is 26.3. The molecule has 1 saturated heterocycles. The molecule has 10 heteroatoms. The van der Waals surface area contributed by atoms with Crippen LogP contribution in [0.3, 0.4) is 0 Å². The van der Waals surface area contributed by atoms with E-state index in [1.807, 2.05) is 36.4 Å². The van der Waals surface area contributed by atoms with Crippen molar-refractivity contribution < 1.29 is 18.7 Å². The minimum atomic E-state index is -2.90. The Hall–Kier alpha value is -2.56. The number of benzene rings is 2. The molecule has 0 amide bonds. The van der Waals surface area contributed by atoms with E-state index in [4.69, 9.17) is 20.8 Å². The highest BCUT2D eigenvalue weighted by Gasteiger charge is 2.52. The Balaban J connectivity index is 1.69. The van der Waals surface area contributed by atoms with Crippen molar-refractivity contribution in [2.24, 2.45) is 0 Å². The number of alkyl halides is 2. The fraction of sp³-hybridized carbons (Fsp3) is 0.385. The molecule has 2 heterocycles. The van der Waals surface area contributed by atoms with Crippen LogP contribution in [-0.2, 0) is 15.8 Å². The standard InChI is InChI=1S/C26H30ClFN2O5Si/c1-26(2,3)36(18-10-6-4-7-11-18,19-12-8-5-9-13-19)34-16-20-22(31)21(27)24(35-20)30-15-17(14-28)23(32)29-25(30)33/h4-13,15,20-22,24,31H,14,16H2,1-3H3,(H,29,32,33)/t20-,21-,22-,24-/m1/s1. The topological polar surface area (TPSA) is 93.5 Å². The number of aliphatic hydroxyl groups is 1. The first-order valence-corrected chi connectivity index (χ1v) is 14.1. The van der Waals surface area contributed by atoms with E-state index >= 15 is 0 Å². The van der Waals surface area contributed by atoms with Crippen molar-refractivity contribution in [3.63, 3.8) is 0 Å². The smallest absolute Gasteiger partial charge is 0.330 e. The number of halogens is 2. The summed E-state index contributed by atoms with van der Waals surface area (Å²) in [5, 5.41) is 11.8. The summed E-state index contributed by atoms with van der Waals surface area (Å²) >= 11 is 6.47. The zero-order valence-corrected chi connectivity index (χ0v) is 22.1. The van der Waals surface area contributed by atoms with Crippen LogP contribution in [0.15, 0.2) is 76.4 Å². The van der Waals surface area contributed by atoms with Crippen LogP contribution >= 0.6 is 11.6 Å². The normalized spacial score (nSPS) is 22.6. The first-order chi connectivity index (χ1) is 17.1. The molecule has 192 valence electrons. The SMILES string of the molecule is CC(C)(C)[Si](OC[C@H]1O[C@@H](n2cc(CF)c(=O)[nH]c2=O)[C@H](Cl)[C@@H]1O)(c1ccccc1)c1ccccc1. The van der Waals surface area contributed by atoms with Gasteiger partial charge < -0.3 is 14.3 Å². The van der Waals surface area contributed by atoms with Gasteiger partial charge in [-0.1, -0.05) is 81.4 Å². The number of aliphatic hydroxyl groups excluding tert-OH is 1. The predicted octanol–water partition coefficient (Wildman–Crippen LogP) is 2.45. The number of nitrogens with one attached hydrogen (secondary N) is 1. The Morgan fingerprint density at radius 1 is 1.08 bits per heavy atom. The van der Waals surface area contributed by atoms with Crippen LogP contribution in [0.5, 0.6) is 0 Å². The van der Waals surface area contributed by atoms with Gasteiger partial charge in [-0.2, -0.15) is 0 Å². The number of nitrogens with zero attached hydrogens (tertiary/aromatic N) is 1. The van der Waals surface area contributed by atoms with Gasteiger partial charge in [0.15, 0.2) is 6.23 Å². The third-order valence-electron chi connectivity index (χ3n) is 6.63. The van der Waals surface area contributed by atoms with Crippen LogP contribution < -0.4 is 21.6 Å². The van der Waals surface area contributed by atoms with Gasteiger partial charge in [-0.05, 0) is 15.4 Å². The van der Waals surface area contributed by atoms with Crippen molar-refractivity contribution in [1.29, 1.82) is 0 Å². The Bertz CT molecular complexity index is 1260. The maximum absolute atomic E-state index is 13.2. The van der Waals surface area contributed by atoms with Crippen molar-refractivity contribution in [3.05, 3.63) is 93.3 Å². The lowest BCUT2D eigenvalue weighted by Gasteiger charge is -2.43. The number of rotatable bonds is 7. The highest BCUT2D eigenvalue weighted by molar-refractivity contribution is 6.99. The van der Waals surface area contributed by atoms with E-state index in [-0.39, 0.29) is 17.2 Å². The van der Waals surface area contributed by atoms with E-state index < -0.39 is 50.1 Å². The Kier molecular flexibility index (Phi) is 7.68. The molecular weight excluding hydrogens is 503 g/mol. The van der Waals surface area contributed by atoms with E-state index in [0.29, 0.717) is 0 Å². The van der Waals surface area contributed by atoms with E-state index in [1.165, 1.54) is 0 Å². The molecule has 1 aromatic heterocycles. The third kappa shape index (κ3) is 4.73. The molecule has 0 aliphatic carbocycles. The summed E-state index contributed by atoms with van der Waals surface area (Å²) in [5.74, 6) is 0. The zero-order valence-electron chi connectivity index (χ0n) is 20.4. The van der Waals surface area contributed by atoms with Crippen LogP contribution in [-0.4, -0.2) is 47.2 Å². The molecule has 0 saturated carbocycles. The highest BCUT2D eigenvalue weighted by Crippen LogP contribution is 2.38. The molecule has 4 atom stereocenters. The summed E-state index contributed by atoms with van der Waals surface area (Å²) in [6.45, 7) is 5.37. The van der Waals surface area contributed by atoms with Gasteiger partial charge in [0.25, 0.3) is 13.9 Å². The fourth-order valence-corrected chi connectivity index (χ4v) is 9.76. The molecule has 2 N–H and O–H groups in total. The van der Waals surface area contributed by atoms with E-state index in [1.54, 1.807) is 0 Å². The second-order valence-corrected chi connectivity index (χ2v) is 14.7. The van der Waals surface area contributed by atoms with Gasteiger partial charge in [-0.3, -0.25) is 14.3 Å². The minimum Gasteiger partial charge on any atom is -0.405 e. The summed E-state index contributed by atoms with van der Waals surface area (Å²) in [7, 11) is -2.90. The second kappa shape index (κ2) is 10.4. The largest absolute Gasteiger partial charge is 0.405 e. The molecule has 0 bridgehead atoms. The van der Waals surface area contributed by atoms with E-state index in [0.717, 1.165) is 21.1 Å². The molecule has 1 aliphatic rings.